The smallest absolute Gasteiger partial charge is 0.274 e. The van der Waals surface area contributed by atoms with Gasteiger partial charge in [-0.15, -0.1) is 0 Å². The van der Waals surface area contributed by atoms with Gasteiger partial charge in [-0.1, -0.05) is 0 Å². The highest BCUT2D eigenvalue weighted by Crippen LogP contribution is 2.26. The third kappa shape index (κ3) is 2.02. The molecule has 2 saturated heterocycles. The van der Waals surface area contributed by atoms with Gasteiger partial charge in [0.05, 0.1) is 6.20 Å². The Morgan fingerprint density at radius 3 is 3.06 bits per heavy atom. The van der Waals surface area contributed by atoms with Gasteiger partial charge in [-0.2, -0.15) is 0 Å². The molecule has 2 fully saturated rings. The minimum Gasteiger partial charge on any atom is -0.337 e. The molecule has 1 aromatic heterocycles. The zero-order valence-electron chi connectivity index (χ0n) is 9.67. The van der Waals surface area contributed by atoms with Gasteiger partial charge in [0.1, 0.15) is 5.69 Å². The summed E-state index contributed by atoms with van der Waals surface area (Å²) in [4.78, 5) is 22.1. The summed E-state index contributed by atoms with van der Waals surface area (Å²) in [7, 11) is 0. The molecule has 0 radical (unpaired) electrons. The number of rotatable bonds is 1. The van der Waals surface area contributed by atoms with E-state index in [-0.39, 0.29) is 5.91 Å². The summed E-state index contributed by atoms with van der Waals surface area (Å²) in [5.41, 5.74) is 0.455. The number of carbonyl (C=O) groups is 1. The Balaban J connectivity index is 1.71. The van der Waals surface area contributed by atoms with E-state index in [1.807, 2.05) is 4.90 Å². The lowest BCUT2D eigenvalue weighted by atomic mass is 9.88. The predicted octanol–water partition coefficient (Wildman–Crippen LogP) is 0.158. The number of aromatic nitrogens is 2. The molecular weight excluding hydrogens is 216 g/mol. The van der Waals surface area contributed by atoms with Gasteiger partial charge in [0.2, 0.25) is 0 Å². The average molecular weight is 232 g/mol. The van der Waals surface area contributed by atoms with E-state index in [1.54, 1.807) is 18.6 Å². The molecule has 1 N–H and O–H groups in total. The van der Waals surface area contributed by atoms with Crippen LogP contribution >= 0.6 is 0 Å². The Kier molecular flexibility index (Phi) is 2.76. The molecular formula is C12H16N4O. The number of nitrogens with one attached hydrogen (secondary N) is 1. The standard InChI is InChI=1S/C12H16N4O/c17-12(11-7-13-2-3-15-11)16-4-1-9-5-14-6-10(9)8-16/h2-3,7,9-10,14H,1,4-6,8H2/t9-,10-/m1/s1. The van der Waals surface area contributed by atoms with Crippen molar-refractivity contribution in [2.75, 3.05) is 26.2 Å². The quantitative estimate of drug-likeness (QED) is 0.749. The molecule has 2 aliphatic rings. The number of fused-ring (bicyclic) bond motifs is 1. The first-order valence-corrected chi connectivity index (χ1v) is 6.10. The Morgan fingerprint density at radius 1 is 1.35 bits per heavy atom. The number of piperidine rings is 1. The van der Waals surface area contributed by atoms with E-state index in [2.05, 4.69) is 15.3 Å². The first kappa shape index (κ1) is 10.7. The predicted molar refractivity (Wildman–Crippen MR) is 62.4 cm³/mol. The Hall–Kier alpha value is -1.49. The second-order valence-corrected chi connectivity index (χ2v) is 4.81. The van der Waals surface area contributed by atoms with Crippen molar-refractivity contribution in [3.63, 3.8) is 0 Å². The fraction of sp³-hybridized carbons (Fsp3) is 0.583. The number of hydrogen-bond donors (Lipinski definition) is 1. The SMILES string of the molecule is O=C(c1cnccn1)N1CC[C@@H]2CNC[C@@H]2C1. The van der Waals surface area contributed by atoms with Gasteiger partial charge in [0, 0.05) is 25.5 Å². The van der Waals surface area contributed by atoms with Gasteiger partial charge >= 0.3 is 0 Å². The molecule has 90 valence electrons. The largest absolute Gasteiger partial charge is 0.337 e. The summed E-state index contributed by atoms with van der Waals surface area (Å²) in [6, 6.07) is 0. The molecule has 0 unspecified atom stereocenters. The van der Waals surface area contributed by atoms with Crippen molar-refractivity contribution in [3.8, 4) is 0 Å². The van der Waals surface area contributed by atoms with E-state index in [4.69, 9.17) is 0 Å². The Morgan fingerprint density at radius 2 is 2.24 bits per heavy atom. The van der Waals surface area contributed by atoms with Crippen LogP contribution in [0.15, 0.2) is 18.6 Å². The molecule has 2 atom stereocenters. The summed E-state index contributed by atoms with van der Waals surface area (Å²) < 4.78 is 0. The number of nitrogens with zero attached hydrogens (tertiary/aromatic N) is 3. The third-order valence-electron chi connectivity index (χ3n) is 3.77. The van der Waals surface area contributed by atoms with Crippen LogP contribution in [0.25, 0.3) is 0 Å². The maximum Gasteiger partial charge on any atom is 0.274 e. The fourth-order valence-corrected chi connectivity index (χ4v) is 2.79. The Labute approximate surface area is 100 Å². The van der Waals surface area contributed by atoms with Gasteiger partial charge in [0.25, 0.3) is 5.91 Å². The summed E-state index contributed by atoms with van der Waals surface area (Å²) in [5.74, 6) is 1.38. The molecule has 0 saturated carbocycles. The maximum absolute atomic E-state index is 12.2. The first-order chi connectivity index (χ1) is 8.34. The lowest BCUT2D eigenvalue weighted by molar-refractivity contribution is 0.0636. The molecule has 0 aromatic carbocycles. The van der Waals surface area contributed by atoms with E-state index in [0.29, 0.717) is 11.6 Å². The second kappa shape index (κ2) is 4.41. The minimum absolute atomic E-state index is 0.0171. The zero-order valence-corrected chi connectivity index (χ0v) is 9.67. The summed E-state index contributed by atoms with van der Waals surface area (Å²) in [6.45, 7) is 3.85. The molecule has 5 nitrogen and oxygen atoms in total. The van der Waals surface area contributed by atoms with Crippen molar-refractivity contribution >= 4 is 5.91 Å². The van der Waals surface area contributed by atoms with Crippen LogP contribution in [0.3, 0.4) is 0 Å². The topological polar surface area (TPSA) is 58.1 Å². The fourth-order valence-electron chi connectivity index (χ4n) is 2.79. The molecule has 0 bridgehead atoms. The molecule has 3 heterocycles. The highest BCUT2D eigenvalue weighted by molar-refractivity contribution is 5.92. The molecule has 3 rings (SSSR count). The van der Waals surface area contributed by atoms with Crippen LogP contribution < -0.4 is 5.32 Å². The highest BCUT2D eigenvalue weighted by Gasteiger charge is 2.34. The van der Waals surface area contributed by atoms with Gasteiger partial charge < -0.3 is 10.2 Å². The lowest BCUT2D eigenvalue weighted by Gasteiger charge is -2.34. The van der Waals surface area contributed by atoms with E-state index in [1.165, 1.54) is 0 Å². The Bertz CT molecular complexity index is 408. The minimum atomic E-state index is 0.0171. The van der Waals surface area contributed by atoms with Gasteiger partial charge in [-0.05, 0) is 31.3 Å². The van der Waals surface area contributed by atoms with E-state index in [9.17, 15) is 4.79 Å². The second-order valence-electron chi connectivity index (χ2n) is 4.81. The van der Waals surface area contributed by atoms with Gasteiger partial charge in [-0.25, -0.2) is 4.98 Å². The van der Waals surface area contributed by atoms with Crippen LogP contribution in [0.1, 0.15) is 16.9 Å². The number of hydrogen-bond acceptors (Lipinski definition) is 4. The molecule has 1 aromatic rings. The van der Waals surface area contributed by atoms with Gasteiger partial charge in [0.15, 0.2) is 0 Å². The van der Waals surface area contributed by atoms with Crippen molar-refractivity contribution in [2.45, 2.75) is 6.42 Å². The monoisotopic (exact) mass is 232 g/mol. The van der Waals surface area contributed by atoms with Gasteiger partial charge in [-0.3, -0.25) is 9.78 Å². The number of carbonyl (C=O) groups excluding carboxylic acids is 1. The lowest BCUT2D eigenvalue weighted by Crippen LogP contribution is -2.43. The average Bonchev–Trinajstić information content (AvgIpc) is 2.86. The zero-order chi connectivity index (χ0) is 11.7. The maximum atomic E-state index is 12.2. The van der Waals surface area contributed by atoms with Crippen molar-refractivity contribution in [3.05, 3.63) is 24.3 Å². The molecule has 17 heavy (non-hydrogen) atoms. The van der Waals surface area contributed by atoms with Crippen LogP contribution in [-0.2, 0) is 0 Å². The number of likely N-dealkylation sites (tertiary alicyclic amines) is 1. The summed E-state index contributed by atoms with van der Waals surface area (Å²) in [5, 5.41) is 3.40. The van der Waals surface area contributed by atoms with Crippen molar-refractivity contribution in [2.24, 2.45) is 11.8 Å². The van der Waals surface area contributed by atoms with Crippen LogP contribution in [0.2, 0.25) is 0 Å². The summed E-state index contributed by atoms with van der Waals surface area (Å²) >= 11 is 0. The van der Waals surface area contributed by atoms with E-state index < -0.39 is 0 Å². The highest BCUT2D eigenvalue weighted by atomic mass is 16.2. The van der Waals surface area contributed by atoms with Crippen LogP contribution in [-0.4, -0.2) is 47.0 Å². The van der Waals surface area contributed by atoms with E-state index in [0.717, 1.165) is 38.5 Å². The molecule has 2 aliphatic heterocycles. The van der Waals surface area contributed by atoms with Crippen molar-refractivity contribution in [1.82, 2.24) is 20.2 Å². The third-order valence-corrected chi connectivity index (χ3v) is 3.77. The van der Waals surface area contributed by atoms with Crippen LogP contribution in [0.4, 0.5) is 0 Å². The molecule has 5 heteroatoms. The van der Waals surface area contributed by atoms with Crippen LogP contribution in [0.5, 0.6) is 0 Å². The van der Waals surface area contributed by atoms with Crippen molar-refractivity contribution in [1.29, 1.82) is 0 Å². The molecule has 0 aliphatic carbocycles. The number of amides is 1. The van der Waals surface area contributed by atoms with Crippen LogP contribution in [0, 0.1) is 11.8 Å². The molecule has 1 amide bonds. The van der Waals surface area contributed by atoms with E-state index >= 15 is 0 Å². The normalized spacial score (nSPS) is 27.9. The van der Waals surface area contributed by atoms with Crippen molar-refractivity contribution < 1.29 is 4.79 Å². The molecule has 0 spiro atoms. The summed E-state index contributed by atoms with van der Waals surface area (Å²) in [6.07, 6.45) is 5.80. The first-order valence-electron chi connectivity index (χ1n) is 6.10.